The first-order valence-corrected chi connectivity index (χ1v) is 10.5. The van der Waals surface area contributed by atoms with Gasteiger partial charge in [-0.05, 0) is 60.2 Å². The van der Waals surface area contributed by atoms with Crippen molar-refractivity contribution in [3.05, 3.63) is 83.4 Å². The van der Waals surface area contributed by atoms with Crippen LogP contribution in [0.15, 0.2) is 66.7 Å². The highest BCUT2D eigenvalue weighted by molar-refractivity contribution is 5.92. The summed E-state index contributed by atoms with van der Waals surface area (Å²) < 4.78 is 25.9. The molecule has 0 aliphatic carbocycles. The van der Waals surface area contributed by atoms with Crippen molar-refractivity contribution in [2.45, 2.75) is 6.61 Å². The van der Waals surface area contributed by atoms with Gasteiger partial charge in [0.05, 0.1) is 32.5 Å². The number of benzene rings is 3. The van der Waals surface area contributed by atoms with Crippen molar-refractivity contribution in [1.82, 2.24) is 0 Å². The van der Waals surface area contributed by atoms with Crippen molar-refractivity contribution in [3.63, 3.8) is 0 Å². The summed E-state index contributed by atoms with van der Waals surface area (Å²) >= 11 is 0. The van der Waals surface area contributed by atoms with E-state index in [1.165, 1.54) is 32.4 Å². The quantitative estimate of drug-likeness (QED) is 0.437. The number of methoxy groups -OCH3 is 3. The molecule has 1 amide bonds. The van der Waals surface area contributed by atoms with Gasteiger partial charge in [0.25, 0.3) is 5.91 Å². The molecule has 0 unspecified atom stereocenters. The molecular weight excluding hydrogens is 454 g/mol. The maximum atomic E-state index is 12.5. The van der Waals surface area contributed by atoms with Crippen LogP contribution in [0.4, 0.5) is 5.69 Å². The monoisotopic (exact) mass is 479 g/mol. The number of hydrogen-bond acceptors (Lipinski definition) is 8. The SMILES string of the molecule is COC(=O)c1ccc(COC(=O)c2ccc(OCC(=O)Nc3ccc(OC)cc3)c(OC)c2)cc1. The molecule has 0 fully saturated rings. The molecule has 182 valence electrons. The van der Waals surface area contributed by atoms with Gasteiger partial charge in [-0.3, -0.25) is 4.79 Å². The van der Waals surface area contributed by atoms with Crippen LogP contribution < -0.4 is 19.5 Å². The lowest BCUT2D eigenvalue weighted by atomic mass is 10.1. The molecule has 0 saturated heterocycles. The van der Waals surface area contributed by atoms with E-state index in [-0.39, 0.29) is 30.4 Å². The smallest absolute Gasteiger partial charge is 0.338 e. The van der Waals surface area contributed by atoms with E-state index in [9.17, 15) is 14.4 Å². The van der Waals surface area contributed by atoms with E-state index in [0.717, 1.165) is 0 Å². The van der Waals surface area contributed by atoms with E-state index in [1.807, 2.05) is 0 Å². The third-order valence-corrected chi connectivity index (χ3v) is 4.88. The van der Waals surface area contributed by atoms with Gasteiger partial charge < -0.3 is 29.0 Å². The standard InChI is InChI=1S/C26H25NO8/c1-31-21-11-9-20(10-12-21)27-24(28)16-34-22-13-8-19(14-23(22)32-2)26(30)35-15-17-4-6-18(7-5-17)25(29)33-3/h4-14H,15-16H2,1-3H3,(H,27,28). The number of ether oxygens (including phenoxy) is 5. The number of carbonyl (C=O) groups is 3. The number of anilines is 1. The molecule has 0 aliphatic heterocycles. The summed E-state index contributed by atoms with van der Waals surface area (Å²) in [4.78, 5) is 36.2. The second kappa shape index (κ2) is 12.1. The Morgan fingerprint density at radius 3 is 2.06 bits per heavy atom. The topological polar surface area (TPSA) is 109 Å². The summed E-state index contributed by atoms with van der Waals surface area (Å²) in [6.07, 6.45) is 0. The first-order valence-electron chi connectivity index (χ1n) is 10.5. The minimum atomic E-state index is -0.566. The zero-order chi connectivity index (χ0) is 25.2. The van der Waals surface area contributed by atoms with Crippen LogP contribution in [0.25, 0.3) is 0 Å². The van der Waals surface area contributed by atoms with E-state index in [4.69, 9.17) is 18.9 Å². The van der Waals surface area contributed by atoms with E-state index >= 15 is 0 Å². The number of carbonyl (C=O) groups excluding carboxylic acids is 3. The normalized spacial score (nSPS) is 10.1. The van der Waals surface area contributed by atoms with Crippen molar-refractivity contribution < 1.29 is 38.1 Å². The summed E-state index contributed by atoms with van der Waals surface area (Å²) in [6, 6.07) is 17.9. The highest BCUT2D eigenvalue weighted by atomic mass is 16.5. The molecule has 9 heteroatoms. The molecule has 9 nitrogen and oxygen atoms in total. The maximum Gasteiger partial charge on any atom is 0.338 e. The van der Waals surface area contributed by atoms with Gasteiger partial charge in [-0.2, -0.15) is 0 Å². The third kappa shape index (κ3) is 6.97. The fourth-order valence-electron chi connectivity index (χ4n) is 3.02. The number of nitrogens with one attached hydrogen (secondary N) is 1. The summed E-state index contributed by atoms with van der Waals surface area (Å²) in [6.45, 7) is -0.236. The van der Waals surface area contributed by atoms with Crippen molar-refractivity contribution >= 4 is 23.5 Å². The third-order valence-electron chi connectivity index (χ3n) is 4.88. The molecule has 3 aromatic carbocycles. The van der Waals surface area contributed by atoms with Gasteiger partial charge in [-0.1, -0.05) is 12.1 Å². The van der Waals surface area contributed by atoms with Crippen LogP contribution in [0.2, 0.25) is 0 Å². The first-order chi connectivity index (χ1) is 16.9. The lowest BCUT2D eigenvalue weighted by molar-refractivity contribution is -0.118. The minimum Gasteiger partial charge on any atom is -0.497 e. The molecule has 1 N–H and O–H groups in total. The van der Waals surface area contributed by atoms with Crippen LogP contribution in [0.5, 0.6) is 17.2 Å². The lowest BCUT2D eigenvalue weighted by Crippen LogP contribution is -2.20. The molecular formula is C26H25NO8. The number of hydrogen-bond donors (Lipinski definition) is 1. The predicted octanol–water partition coefficient (Wildman–Crippen LogP) is 3.86. The van der Waals surface area contributed by atoms with Crippen LogP contribution in [0, 0.1) is 0 Å². The van der Waals surface area contributed by atoms with E-state index < -0.39 is 11.9 Å². The van der Waals surface area contributed by atoms with Crippen molar-refractivity contribution in [2.75, 3.05) is 33.3 Å². The van der Waals surface area contributed by atoms with Crippen LogP contribution in [-0.4, -0.2) is 45.8 Å². The summed E-state index contributed by atoms with van der Waals surface area (Å²) in [5.74, 6) is -0.116. The molecule has 0 bridgehead atoms. The van der Waals surface area contributed by atoms with Crippen LogP contribution in [0.3, 0.4) is 0 Å². The second-order valence-corrected chi connectivity index (χ2v) is 7.20. The fourth-order valence-corrected chi connectivity index (χ4v) is 3.02. The molecule has 0 radical (unpaired) electrons. The Balaban J connectivity index is 1.55. The number of rotatable bonds is 10. The van der Waals surface area contributed by atoms with Crippen molar-refractivity contribution in [2.24, 2.45) is 0 Å². The first kappa shape index (κ1) is 25.1. The van der Waals surface area contributed by atoms with E-state index in [1.54, 1.807) is 55.6 Å². The molecule has 3 aromatic rings. The molecule has 0 heterocycles. The van der Waals surface area contributed by atoms with Crippen LogP contribution >= 0.6 is 0 Å². The fraction of sp³-hybridized carbons (Fsp3) is 0.192. The molecule has 0 saturated carbocycles. The van der Waals surface area contributed by atoms with Gasteiger partial charge in [-0.25, -0.2) is 9.59 Å². The number of esters is 2. The van der Waals surface area contributed by atoms with E-state index in [0.29, 0.717) is 28.3 Å². The molecule has 35 heavy (non-hydrogen) atoms. The molecule has 0 aromatic heterocycles. The average Bonchev–Trinajstić information content (AvgIpc) is 2.90. The Labute approximate surface area is 202 Å². The molecule has 0 aliphatic rings. The Kier molecular flexibility index (Phi) is 8.66. The van der Waals surface area contributed by atoms with Gasteiger partial charge in [0, 0.05) is 5.69 Å². The average molecular weight is 479 g/mol. The van der Waals surface area contributed by atoms with Crippen LogP contribution in [-0.2, 0) is 20.9 Å². The van der Waals surface area contributed by atoms with Gasteiger partial charge >= 0.3 is 11.9 Å². The van der Waals surface area contributed by atoms with Crippen LogP contribution in [0.1, 0.15) is 26.3 Å². The van der Waals surface area contributed by atoms with E-state index in [2.05, 4.69) is 10.1 Å². The Hall–Kier alpha value is -4.53. The van der Waals surface area contributed by atoms with Gasteiger partial charge in [0.2, 0.25) is 0 Å². The number of amides is 1. The molecule has 3 rings (SSSR count). The summed E-state index contributed by atoms with van der Waals surface area (Å²) in [7, 11) is 4.30. The highest BCUT2D eigenvalue weighted by Crippen LogP contribution is 2.28. The highest BCUT2D eigenvalue weighted by Gasteiger charge is 2.14. The summed E-state index contributed by atoms with van der Waals surface area (Å²) in [5, 5.41) is 2.72. The molecule has 0 atom stereocenters. The van der Waals surface area contributed by atoms with Gasteiger partial charge in [-0.15, -0.1) is 0 Å². The molecule has 0 spiro atoms. The van der Waals surface area contributed by atoms with Gasteiger partial charge in [0.15, 0.2) is 18.1 Å². The zero-order valence-corrected chi connectivity index (χ0v) is 19.5. The minimum absolute atomic E-state index is 0.0202. The Morgan fingerprint density at radius 2 is 1.43 bits per heavy atom. The maximum absolute atomic E-state index is 12.5. The predicted molar refractivity (Wildman–Crippen MR) is 127 cm³/mol. The van der Waals surface area contributed by atoms with Gasteiger partial charge in [0.1, 0.15) is 12.4 Å². The van der Waals surface area contributed by atoms with Crippen molar-refractivity contribution in [3.8, 4) is 17.2 Å². The largest absolute Gasteiger partial charge is 0.497 e. The lowest BCUT2D eigenvalue weighted by Gasteiger charge is -2.12. The second-order valence-electron chi connectivity index (χ2n) is 7.20. The van der Waals surface area contributed by atoms with Crippen molar-refractivity contribution in [1.29, 1.82) is 0 Å². The Bertz CT molecular complexity index is 1170. The summed E-state index contributed by atoms with van der Waals surface area (Å²) in [5.41, 5.74) is 1.97. The Morgan fingerprint density at radius 1 is 0.743 bits per heavy atom. The zero-order valence-electron chi connectivity index (χ0n) is 19.5.